The highest BCUT2D eigenvalue weighted by molar-refractivity contribution is 6.74. The molecule has 0 aromatic heterocycles. The lowest BCUT2D eigenvalue weighted by Crippen LogP contribution is -2.44. The van der Waals surface area contributed by atoms with Gasteiger partial charge in [0.2, 0.25) is 0 Å². The summed E-state index contributed by atoms with van der Waals surface area (Å²) in [6.45, 7) is 10.1. The first kappa shape index (κ1) is 15.2. The van der Waals surface area contributed by atoms with Crippen LogP contribution in [0.5, 0.6) is 5.75 Å². The number of hydrogen-bond donors (Lipinski definition) is 0. The van der Waals surface area contributed by atoms with Crippen LogP contribution in [0.25, 0.3) is 0 Å². The molecule has 0 aliphatic carbocycles. The van der Waals surface area contributed by atoms with E-state index >= 15 is 0 Å². The monoisotopic (exact) mass is 288 g/mol. The van der Waals surface area contributed by atoms with Gasteiger partial charge in [-0.15, -0.1) is 0 Å². The Morgan fingerprint density at radius 3 is 2.33 bits per heavy atom. The van der Waals surface area contributed by atoms with Crippen molar-refractivity contribution >= 4 is 26.2 Å². The van der Waals surface area contributed by atoms with Gasteiger partial charge >= 0.3 is 0 Å². The maximum atomic E-state index is 14.0. The lowest BCUT2D eigenvalue weighted by atomic mass is 10.2. The fourth-order valence-corrected chi connectivity index (χ4v) is 2.41. The summed E-state index contributed by atoms with van der Waals surface area (Å²) in [7, 11) is -2.18. The van der Waals surface area contributed by atoms with E-state index in [9.17, 15) is 9.18 Å². The van der Waals surface area contributed by atoms with Crippen molar-refractivity contribution in [3.05, 3.63) is 28.5 Å². The SMILES string of the molecule is CC(C)(C)[Si](C)(C)Oc1c(Cl)ccc(C=O)c1F. The number of carbonyl (C=O) groups excluding carboxylic acids is 1. The zero-order valence-corrected chi connectivity index (χ0v) is 13.1. The number of aldehydes is 1. The average molecular weight is 289 g/mol. The first-order valence-corrected chi connectivity index (χ1v) is 9.01. The Hall–Kier alpha value is -0.873. The van der Waals surface area contributed by atoms with Gasteiger partial charge in [-0.3, -0.25) is 4.79 Å². The van der Waals surface area contributed by atoms with Crippen molar-refractivity contribution in [2.75, 3.05) is 0 Å². The van der Waals surface area contributed by atoms with E-state index in [0.29, 0.717) is 6.29 Å². The van der Waals surface area contributed by atoms with Gasteiger partial charge in [0.25, 0.3) is 8.32 Å². The number of rotatable bonds is 3. The third kappa shape index (κ3) is 2.92. The minimum atomic E-state index is -2.18. The van der Waals surface area contributed by atoms with Gasteiger partial charge in [-0.25, -0.2) is 4.39 Å². The van der Waals surface area contributed by atoms with Gasteiger partial charge < -0.3 is 4.43 Å². The molecule has 0 aliphatic rings. The second-order valence-electron chi connectivity index (χ2n) is 5.76. The standard InChI is InChI=1S/C13H18ClFO2Si/c1-13(2,3)18(4,5)17-12-10(14)7-6-9(8-16)11(12)15/h6-8H,1-5H3. The van der Waals surface area contributed by atoms with Crippen molar-refractivity contribution in [2.24, 2.45) is 0 Å². The summed E-state index contributed by atoms with van der Waals surface area (Å²) in [5.74, 6) is -0.685. The molecule has 0 atom stereocenters. The van der Waals surface area contributed by atoms with Crippen molar-refractivity contribution in [3.8, 4) is 5.75 Å². The predicted octanol–water partition coefficient (Wildman–Crippen LogP) is 4.68. The number of benzene rings is 1. The van der Waals surface area contributed by atoms with Gasteiger partial charge in [0, 0.05) is 0 Å². The molecule has 0 heterocycles. The van der Waals surface area contributed by atoms with Crippen LogP contribution in [0.2, 0.25) is 23.2 Å². The first-order chi connectivity index (χ1) is 8.10. The summed E-state index contributed by atoms with van der Waals surface area (Å²) in [6, 6.07) is 2.83. The molecule has 5 heteroatoms. The zero-order chi connectivity index (χ0) is 14.1. The third-order valence-corrected chi connectivity index (χ3v) is 7.99. The Balaban J connectivity index is 3.23. The maximum absolute atomic E-state index is 14.0. The highest BCUT2D eigenvalue weighted by Crippen LogP contribution is 2.40. The molecule has 0 saturated carbocycles. The largest absolute Gasteiger partial charge is 0.541 e. The van der Waals surface area contributed by atoms with Crippen molar-refractivity contribution in [1.29, 1.82) is 0 Å². The lowest BCUT2D eigenvalue weighted by Gasteiger charge is -2.36. The molecule has 18 heavy (non-hydrogen) atoms. The fraction of sp³-hybridized carbons (Fsp3) is 0.462. The molecule has 0 spiro atoms. The smallest absolute Gasteiger partial charge is 0.250 e. The van der Waals surface area contributed by atoms with Crippen molar-refractivity contribution in [1.82, 2.24) is 0 Å². The van der Waals surface area contributed by atoms with E-state index in [1.165, 1.54) is 12.1 Å². The van der Waals surface area contributed by atoms with E-state index < -0.39 is 14.1 Å². The quantitative estimate of drug-likeness (QED) is 0.596. The number of halogens is 2. The van der Waals surface area contributed by atoms with Gasteiger partial charge in [-0.05, 0) is 30.3 Å². The molecule has 1 aromatic rings. The lowest BCUT2D eigenvalue weighted by molar-refractivity contribution is 0.111. The van der Waals surface area contributed by atoms with Crippen LogP contribution in [-0.2, 0) is 0 Å². The zero-order valence-electron chi connectivity index (χ0n) is 11.3. The van der Waals surface area contributed by atoms with Crippen LogP contribution < -0.4 is 4.43 Å². The maximum Gasteiger partial charge on any atom is 0.250 e. The Labute approximate surface area is 113 Å². The second kappa shape index (κ2) is 5.01. The summed E-state index contributed by atoms with van der Waals surface area (Å²) in [6.07, 6.45) is 0.462. The minimum absolute atomic E-state index is 0.00661. The summed E-state index contributed by atoms with van der Waals surface area (Å²) in [5, 5.41) is 0.128. The van der Waals surface area contributed by atoms with Crippen LogP contribution in [0.15, 0.2) is 12.1 Å². The molecule has 1 rings (SSSR count). The Morgan fingerprint density at radius 2 is 1.89 bits per heavy atom. The Bertz CT molecular complexity index is 467. The van der Waals surface area contributed by atoms with Crippen LogP contribution in [0.4, 0.5) is 4.39 Å². The molecular weight excluding hydrogens is 271 g/mol. The molecule has 0 radical (unpaired) electrons. The van der Waals surface area contributed by atoms with E-state index in [-0.39, 0.29) is 21.4 Å². The minimum Gasteiger partial charge on any atom is -0.541 e. The highest BCUT2D eigenvalue weighted by Gasteiger charge is 2.40. The average Bonchev–Trinajstić information content (AvgIpc) is 2.23. The number of hydrogen-bond acceptors (Lipinski definition) is 2. The molecule has 0 fully saturated rings. The van der Waals surface area contributed by atoms with Crippen molar-refractivity contribution < 1.29 is 13.6 Å². The topological polar surface area (TPSA) is 26.3 Å². The molecule has 0 aliphatic heterocycles. The predicted molar refractivity (Wildman–Crippen MR) is 74.6 cm³/mol. The van der Waals surface area contributed by atoms with Crippen LogP contribution in [0.1, 0.15) is 31.1 Å². The Kier molecular flexibility index (Phi) is 4.23. The number of carbonyl (C=O) groups is 1. The van der Waals surface area contributed by atoms with Gasteiger partial charge in [0.15, 0.2) is 17.9 Å². The second-order valence-corrected chi connectivity index (χ2v) is 10.9. The molecule has 0 saturated heterocycles. The summed E-state index contributed by atoms with van der Waals surface area (Å²) >= 11 is 5.96. The van der Waals surface area contributed by atoms with E-state index in [4.69, 9.17) is 16.0 Å². The van der Waals surface area contributed by atoms with Crippen molar-refractivity contribution in [3.63, 3.8) is 0 Å². The third-order valence-electron chi connectivity index (χ3n) is 3.37. The van der Waals surface area contributed by atoms with E-state index in [0.717, 1.165) is 0 Å². The van der Waals surface area contributed by atoms with Crippen LogP contribution >= 0.6 is 11.6 Å². The van der Waals surface area contributed by atoms with Crippen LogP contribution in [0.3, 0.4) is 0 Å². The van der Waals surface area contributed by atoms with Crippen LogP contribution in [0, 0.1) is 5.82 Å². The van der Waals surface area contributed by atoms with E-state index in [1.807, 2.05) is 13.1 Å². The Morgan fingerprint density at radius 1 is 1.33 bits per heavy atom. The first-order valence-electron chi connectivity index (χ1n) is 5.72. The van der Waals surface area contributed by atoms with Crippen LogP contribution in [-0.4, -0.2) is 14.6 Å². The molecule has 100 valence electrons. The summed E-state index contributed by atoms with van der Waals surface area (Å²) in [5.41, 5.74) is -0.0342. The van der Waals surface area contributed by atoms with E-state index in [1.54, 1.807) is 0 Å². The normalized spacial score (nSPS) is 12.4. The summed E-state index contributed by atoms with van der Waals surface area (Å²) in [4.78, 5) is 10.7. The molecule has 0 bridgehead atoms. The van der Waals surface area contributed by atoms with Crippen molar-refractivity contribution in [2.45, 2.75) is 38.9 Å². The van der Waals surface area contributed by atoms with E-state index in [2.05, 4.69) is 20.8 Å². The highest BCUT2D eigenvalue weighted by atomic mass is 35.5. The molecule has 1 aromatic carbocycles. The molecule has 2 nitrogen and oxygen atoms in total. The molecule has 0 unspecified atom stereocenters. The summed E-state index contributed by atoms with van der Waals surface area (Å²) < 4.78 is 19.9. The van der Waals surface area contributed by atoms with Gasteiger partial charge in [0.05, 0.1) is 10.6 Å². The molecule has 0 amide bonds. The van der Waals surface area contributed by atoms with Gasteiger partial charge in [-0.2, -0.15) is 0 Å². The molecular formula is C13H18ClFO2Si. The van der Waals surface area contributed by atoms with Gasteiger partial charge in [-0.1, -0.05) is 32.4 Å². The molecule has 0 N–H and O–H groups in total. The fourth-order valence-electron chi connectivity index (χ4n) is 1.14. The van der Waals surface area contributed by atoms with Gasteiger partial charge in [0.1, 0.15) is 0 Å².